The molecule has 100 valence electrons. The molecule has 0 saturated carbocycles. The van der Waals surface area contributed by atoms with E-state index in [1.165, 1.54) is 18.2 Å². The number of alkyl halides is 3. The van der Waals surface area contributed by atoms with Crippen LogP contribution in [0.5, 0.6) is 5.75 Å². The molecule has 0 unspecified atom stereocenters. The molecule has 1 N–H and O–H groups in total. The maximum atomic E-state index is 12.1. The maximum Gasteiger partial charge on any atom is 0.573 e. The highest BCUT2D eigenvalue weighted by Crippen LogP contribution is 2.29. The van der Waals surface area contributed by atoms with E-state index in [4.69, 9.17) is 0 Å². The fraction of sp³-hybridized carbons (Fsp3) is 0.500. The molecule has 18 heavy (non-hydrogen) atoms. The Labute approximate surface area is 103 Å². The summed E-state index contributed by atoms with van der Waals surface area (Å²) in [5, 5.41) is 9.21. The monoisotopic (exact) mass is 261 g/mol. The van der Waals surface area contributed by atoms with Crippen LogP contribution in [-0.2, 0) is 0 Å². The van der Waals surface area contributed by atoms with E-state index >= 15 is 0 Å². The molecule has 1 aromatic carbocycles. The first-order valence-corrected chi connectivity index (χ1v) is 5.63. The Kier molecular flexibility index (Phi) is 3.49. The van der Waals surface area contributed by atoms with Gasteiger partial charge in [0.15, 0.2) is 0 Å². The lowest BCUT2D eigenvalue weighted by Gasteiger charge is -2.40. The van der Waals surface area contributed by atoms with Crippen molar-refractivity contribution in [3.05, 3.63) is 29.8 Å². The number of ether oxygens (including phenoxy) is 1. The number of benzene rings is 1. The van der Waals surface area contributed by atoms with Crippen LogP contribution in [0.1, 0.15) is 18.5 Å². The largest absolute Gasteiger partial charge is 0.573 e. The van der Waals surface area contributed by atoms with E-state index in [0.717, 1.165) is 5.56 Å². The minimum absolute atomic E-state index is 0.0369. The van der Waals surface area contributed by atoms with Gasteiger partial charge in [0.05, 0.1) is 6.10 Å². The van der Waals surface area contributed by atoms with Crippen molar-refractivity contribution in [1.82, 2.24) is 4.90 Å². The summed E-state index contributed by atoms with van der Waals surface area (Å²) in [4.78, 5) is 1.98. The quantitative estimate of drug-likeness (QED) is 0.906. The highest BCUT2D eigenvalue weighted by molar-refractivity contribution is 5.30. The standard InChI is InChI=1S/C12H14F3NO2/c1-8(16-6-10(17)7-16)9-3-2-4-11(5-9)18-12(13,14)15/h2-5,8,10,17H,6-7H2,1H3/t8-/m1/s1. The van der Waals surface area contributed by atoms with Crippen molar-refractivity contribution in [2.24, 2.45) is 0 Å². The van der Waals surface area contributed by atoms with Gasteiger partial charge in [-0.1, -0.05) is 12.1 Å². The number of halogens is 3. The number of aliphatic hydroxyl groups excluding tert-OH is 1. The third-order valence-corrected chi connectivity index (χ3v) is 3.01. The van der Waals surface area contributed by atoms with Gasteiger partial charge in [-0.05, 0) is 24.6 Å². The molecule has 1 atom stereocenters. The predicted molar refractivity (Wildman–Crippen MR) is 59.1 cm³/mol. The van der Waals surface area contributed by atoms with E-state index < -0.39 is 6.36 Å². The molecule has 1 saturated heterocycles. The molecule has 6 heteroatoms. The van der Waals surface area contributed by atoms with Crippen molar-refractivity contribution >= 4 is 0 Å². The molecule has 0 radical (unpaired) electrons. The van der Waals surface area contributed by atoms with Crippen molar-refractivity contribution in [1.29, 1.82) is 0 Å². The third kappa shape index (κ3) is 3.14. The summed E-state index contributed by atoms with van der Waals surface area (Å²) in [7, 11) is 0. The van der Waals surface area contributed by atoms with Crippen LogP contribution in [0.15, 0.2) is 24.3 Å². The molecule has 3 nitrogen and oxygen atoms in total. The van der Waals surface area contributed by atoms with Crippen LogP contribution >= 0.6 is 0 Å². The van der Waals surface area contributed by atoms with Crippen molar-refractivity contribution in [3.8, 4) is 5.75 Å². The van der Waals surface area contributed by atoms with E-state index in [9.17, 15) is 18.3 Å². The van der Waals surface area contributed by atoms with Gasteiger partial charge in [-0.2, -0.15) is 0 Å². The van der Waals surface area contributed by atoms with Crippen LogP contribution in [0.25, 0.3) is 0 Å². The van der Waals surface area contributed by atoms with E-state index in [1.807, 2.05) is 11.8 Å². The number of nitrogens with zero attached hydrogens (tertiary/aromatic N) is 1. The summed E-state index contributed by atoms with van der Waals surface area (Å²) in [5.74, 6) is -0.215. The van der Waals surface area contributed by atoms with Crippen LogP contribution in [0, 0.1) is 0 Å². The van der Waals surface area contributed by atoms with E-state index in [1.54, 1.807) is 6.07 Å². The molecule has 1 fully saturated rings. The van der Waals surface area contributed by atoms with Crippen molar-refractivity contribution < 1.29 is 23.0 Å². The van der Waals surface area contributed by atoms with Crippen LogP contribution in [-0.4, -0.2) is 35.6 Å². The summed E-state index contributed by atoms with van der Waals surface area (Å²) in [6, 6.07) is 5.89. The second-order valence-electron chi connectivity index (χ2n) is 4.40. The molecule has 1 aromatic rings. The van der Waals surface area contributed by atoms with Gasteiger partial charge in [0.2, 0.25) is 0 Å². The van der Waals surface area contributed by atoms with Gasteiger partial charge in [-0.15, -0.1) is 13.2 Å². The Morgan fingerprint density at radius 1 is 1.39 bits per heavy atom. The molecule has 1 aliphatic rings. The second-order valence-corrected chi connectivity index (χ2v) is 4.40. The topological polar surface area (TPSA) is 32.7 Å². The van der Waals surface area contributed by atoms with Crippen LogP contribution in [0.4, 0.5) is 13.2 Å². The van der Waals surface area contributed by atoms with Gasteiger partial charge in [0.25, 0.3) is 0 Å². The fourth-order valence-corrected chi connectivity index (χ4v) is 1.99. The summed E-state index contributed by atoms with van der Waals surface area (Å²) in [6.07, 6.45) is -5.00. The zero-order chi connectivity index (χ0) is 13.3. The first-order chi connectivity index (χ1) is 8.35. The Bertz CT molecular complexity index is 416. The van der Waals surface area contributed by atoms with Crippen LogP contribution in [0.3, 0.4) is 0 Å². The van der Waals surface area contributed by atoms with E-state index in [2.05, 4.69) is 4.74 Å². The van der Waals surface area contributed by atoms with Crippen molar-refractivity contribution in [2.75, 3.05) is 13.1 Å². The molecule has 0 spiro atoms. The average molecular weight is 261 g/mol. The molecule has 1 aliphatic heterocycles. The lowest BCUT2D eigenvalue weighted by Crippen LogP contribution is -2.51. The molecule has 0 aromatic heterocycles. The Morgan fingerprint density at radius 3 is 2.61 bits per heavy atom. The Morgan fingerprint density at radius 2 is 2.06 bits per heavy atom. The summed E-state index contributed by atoms with van der Waals surface area (Å²) < 4.78 is 40.2. The fourth-order valence-electron chi connectivity index (χ4n) is 1.99. The highest BCUT2D eigenvalue weighted by atomic mass is 19.4. The number of hydrogen-bond donors (Lipinski definition) is 1. The molecular weight excluding hydrogens is 247 g/mol. The molecule has 0 aliphatic carbocycles. The highest BCUT2D eigenvalue weighted by Gasteiger charge is 2.32. The van der Waals surface area contributed by atoms with E-state index in [0.29, 0.717) is 13.1 Å². The predicted octanol–water partition coefficient (Wildman–Crippen LogP) is 2.32. The van der Waals surface area contributed by atoms with E-state index in [-0.39, 0.29) is 17.9 Å². The maximum absolute atomic E-state index is 12.1. The minimum atomic E-state index is -4.67. The number of aliphatic hydroxyl groups is 1. The van der Waals surface area contributed by atoms with Gasteiger partial charge >= 0.3 is 6.36 Å². The van der Waals surface area contributed by atoms with Crippen molar-refractivity contribution in [3.63, 3.8) is 0 Å². The number of hydrogen-bond acceptors (Lipinski definition) is 3. The lowest BCUT2D eigenvalue weighted by atomic mass is 10.0. The SMILES string of the molecule is C[C@H](c1cccc(OC(F)(F)F)c1)N1CC(O)C1. The second kappa shape index (κ2) is 4.78. The van der Waals surface area contributed by atoms with Gasteiger partial charge in [0, 0.05) is 19.1 Å². The third-order valence-electron chi connectivity index (χ3n) is 3.01. The molecule has 0 bridgehead atoms. The average Bonchev–Trinajstić information content (AvgIpc) is 2.22. The lowest BCUT2D eigenvalue weighted by molar-refractivity contribution is -0.274. The molecule has 0 amide bonds. The van der Waals surface area contributed by atoms with Gasteiger partial charge in [-0.3, -0.25) is 4.90 Å². The minimum Gasteiger partial charge on any atom is -0.406 e. The molecule has 1 heterocycles. The number of β-amino-alcohol motifs (C(OH)–C–C–N with tert-alkyl or cyclic N) is 1. The van der Waals surface area contributed by atoms with Gasteiger partial charge < -0.3 is 9.84 Å². The molecule has 2 rings (SSSR count). The number of likely N-dealkylation sites (tertiary alicyclic amines) is 1. The van der Waals surface area contributed by atoms with Crippen molar-refractivity contribution in [2.45, 2.75) is 25.4 Å². The van der Waals surface area contributed by atoms with Gasteiger partial charge in [-0.25, -0.2) is 0 Å². The zero-order valence-electron chi connectivity index (χ0n) is 9.81. The summed E-state index contributed by atoms with van der Waals surface area (Å²) >= 11 is 0. The Balaban J connectivity index is 2.07. The zero-order valence-corrected chi connectivity index (χ0v) is 9.81. The van der Waals surface area contributed by atoms with Crippen LogP contribution in [0.2, 0.25) is 0 Å². The Hall–Kier alpha value is -1.27. The first kappa shape index (κ1) is 13.2. The molecular formula is C12H14F3NO2. The first-order valence-electron chi connectivity index (χ1n) is 5.63. The normalized spacial score (nSPS) is 19.4. The van der Waals surface area contributed by atoms with Gasteiger partial charge in [0.1, 0.15) is 5.75 Å². The summed E-state index contributed by atoms with van der Waals surface area (Å²) in [6.45, 7) is 2.98. The smallest absolute Gasteiger partial charge is 0.406 e. The van der Waals surface area contributed by atoms with Crippen LogP contribution < -0.4 is 4.74 Å². The summed E-state index contributed by atoms with van der Waals surface area (Å²) in [5.41, 5.74) is 0.739. The number of rotatable bonds is 3.